The normalized spacial score (nSPS) is 36.7. The van der Waals surface area contributed by atoms with E-state index in [1.54, 1.807) is 0 Å². The monoisotopic (exact) mass is 283 g/mol. The van der Waals surface area contributed by atoms with Crippen molar-refractivity contribution in [2.45, 2.75) is 57.4 Å². The van der Waals surface area contributed by atoms with Crippen LogP contribution >= 0.6 is 0 Å². The second kappa shape index (κ2) is 4.86. The molecule has 2 heteroatoms. The first-order chi connectivity index (χ1) is 10.2. The third kappa shape index (κ3) is 2.39. The van der Waals surface area contributed by atoms with E-state index in [0.29, 0.717) is 0 Å². The highest BCUT2D eigenvalue weighted by atomic mass is 16.1. The third-order valence-electron chi connectivity index (χ3n) is 6.04. The minimum Gasteiger partial charge on any atom is -0.347 e. The van der Waals surface area contributed by atoms with Crippen molar-refractivity contribution in [2.24, 2.45) is 17.8 Å². The summed E-state index contributed by atoms with van der Waals surface area (Å²) in [6.07, 6.45) is 8.94. The van der Waals surface area contributed by atoms with E-state index in [-0.39, 0.29) is 11.4 Å². The highest BCUT2D eigenvalue weighted by Gasteiger charge is 2.51. The maximum Gasteiger partial charge on any atom is 0.251 e. The van der Waals surface area contributed by atoms with Crippen LogP contribution in [0.3, 0.4) is 0 Å². The molecule has 0 saturated heterocycles. The Morgan fingerprint density at radius 2 is 1.57 bits per heavy atom. The molecule has 112 valence electrons. The Kier molecular flexibility index (Phi) is 3.09. The number of hydrogen-bond donors (Lipinski definition) is 1. The molecule has 4 aliphatic rings. The molecule has 4 fully saturated rings. The van der Waals surface area contributed by atoms with Gasteiger partial charge in [-0.2, -0.15) is 0 Å². The van der Waals surface area contributed by atoms with Gasteiger partial charge in [0.15, 0.2) is 0 Å². The highest BCUT2D eigenvalue weighted by molar-refractivity contribution is 5.94. The molecule has 21 heavy (non-hydrogen) atoms. The van der Waals surface area contributed by atoms with Gasteiger partial charge in [0.1, 0.15) is 0 Å². The van der Waals surface area contributed by atoms with Crippen LogP contribution in [0.15, 0.2) is 24.3 Å². The first kappa shape index (κ1) is 13.4. The lowest BCUT2D eigenvalue weighted by atomic mass is 9.53. The Balaban J connectivity index is 1.51. The molecular weight excluding hydrogens is 258 g/mol. The zero-order valence-electron chi connectivity index (χ0n) is 12.9. The average Bonchev–Trinajstić information content (AvgIpc) is 2.45. The van der Waals surface area contributed by atoms with Gasteiger partial charge in [0, 0.05) is 11.1 Å². The molecule has 1 N–H and O–H groups in total. The number of carbonyl (C=O) groups is 1. The quantitative estimate of drug-likeness (QED) is 0.894. The second-order valence-corrected chi connectivity index (χ2v) is 7.70. The molecule has 0 radical (unpaired) electrons. The van der Waals surface area contributed by atoms with E-state index in [2.05, 4.69) is 24.4 Å². The minimum atomic E-state index is 0.120. The van der Waals surface area contributed by atoms with Crippen molar-refractivity contribution in [1.82, 2.24) is 5.32 Å². The summed E-state index contributed by atoms with van der Waals surface area (Å²) in [6.45, 7) is 2.14. The second-order valence-electron chi connectivity index (χ2n) is 7.70. The van der Waals surface area contributed by atoms with Gasteiger partial charge in [-0.05, 0) is 80.4 Å². The molecule has 0 heterocycles. The van der Waals surface area contributed by atoms with Gasteiger partial charge in [-0.1, -0.05) is 19.1 Å². The van der Waals surface area contributed by atoms with Crippen LogP contribution in [0.2, 0.25) is 0 Å². The number of aryl methyl sites for hydroxylation is 1. The summed E-state index contributed by atoms with van der Waals surface area (Å²) in [6, 6.07) is 8.12. The van der Waals surface area contributed by atoms with E-state index in [1.807, 2.05) is 12.1 Å². The predicted molar refractivity (Wildman–Crippen MR) is 84.2 cm³/mol. The molecule has 1 aromatic rings. The maximum absolute atomic E-state index is 12.6. The zero-order chi connectivity index (χ0) is 14.4. The van der Waals surface area contributed by atoms with E-state index in [4.69, 9.17) is 0 Å². The number of rotatable bonds is 3. The molecule has 5 rings (SSSR count). The van der Waals surface area contributed by atoms with Crippen LogP contribution in [0.25, 0.3) is 0 Å². The van der Waals surface area contributed by atoms with Crippen LogP contribution < -0.4 is 5.32 Å². The number of nitrogens with one attached hydrogen (secondary N) is 1. The lowest BCUT2D eigenvalue weighted by molar-refractivity contribution is -0.0167. The summed E-state index contributed by atoms with van der Waals surface area (Å²) in [5.74, 6) is 2.76. The SMILES string of the molecule is CCc1ccc(C(=O)NC23CC4CC(CC(C4)C2)C3)cc1. The summed E-state index contributed by atoms with van der Waals surface area (Å²) >= 11 is 0. The fourth-order valence-electron chi connectivity index (χ4n) is 5.47. The summed E-state index contributed by atoms with van der Waals surface area (Å²) in [5.41, 5.74) is 2.24. The van der Waals surface area contributed by atoms with Crippen molar-refractivity contribution < 1.29 is 4.79 Å². The van der Waals surface area contributed by atoms with Crippen LogP contribution in [0.4, 0.5) is 0 Å². The summed E-state index contributed by atoms with van der Waals surface area (Å²) in [7, 11) is 0. The maximum atomic E-state index is 12.6. The average molecular weight is 283 g/mol. The summed E-state index contributed by atoms with van der Waals surface area (Å²) in [4.78, 5) is 12.6. The van der Waals surface area contributed by atoms with Gasteiger partial charge >= 0.3 is 0 Å². The zero-order valence-corrected chi connectivity index (χ0v) is 12.9. The van der Waals surface area contributed by atoms with Gasteiger partial charge < -0.3 is 5.32 Å². The van der Waals surface area contributed by atoms with Crippen molar-refractivity contribution in [3.63, 3.8) is 0 Å². The summed E-state index contributed by atoms with van der Waals surface area (Å²) in [5, 5.41) is 3.44. The lowest BCUT2D eigenvalue weighted by Crippen LogP contribution is -2.59. The number of carbonyl (C=O) groups excluding carboxylic acids is 1. The van der Waals surface area contributed by atoms with Crippen molar-refractivity contribution in [2.75, 3.05) is 0 Å². The Hall–Kier alpha value is -1.31. The molecule has 0 aliphatic heterocycles. The van der Waals surface area contributed by atoms with Gasteiger partial charge in [0.2, 0.25) is 0 Å². The van der Waals surface area contributed by atoms with Gasteiger partial charge in [0.05, 0.1) is 0 Å². The van der Waals surface area contributed by atoms with Crippen LogP contribution in [0.1, 0.15) is 61.4 Å². The number of amides is 1. The minimum absolute atomic E-state index is 0.120. The van der Waals surface area contributed by atoms with E-state index in [0.717, 1.165) is 29.7 Å². The van der Waals surface area contributed by atoms with E-state index in [1.165, 1.54) is 44.1 Å². The van der Waals surface area contributed by atoms with Crippen LogP contribution in [-0.4, -0.2) is 11.4 Å². The molecule has 0 atom stereocenters. The molecule has 4 aliphatic carbocycles. The van der Waals surface area contributed by atoms with Gasteiger partial charge in [-0.15, -0.1) is 0 Å². The van der Waals surface area contributed by atoms with Gasteiger partial charge in [-0.3, -0.25) is 4.79 Å². The Morgan fingerprint density at radius 3 is 2.05 bits per heavy atom. The number of benzene rings is 1. The molecule has 4 saturated carbocycles. The molecule has 1 aromatic carbocycles. The van der Waals surface area contributed by atoms with Crippen molar-refractivity contribution in [1.29, 1.82) is 0 Å². The Morgan fingerprint density at radius 1 is 1.05 bits per heavy atom. The molecule has 0 spiro atoms. The lowest BCUT2D eigenvalue weighted by Gasteiger charge is -2.56. The Labute approximate surface area is 127 Å². The molecule has 0 aromatic heterocycles. The molecule has 4 bridgehead atoms. The topological polar surface area (TPSA) is 29.1 Å². The largest absolute Gasteiger partial charge is 0.347 e. The fourth-order valence-corrected chi connectivity index (χ4v) is 5.47. The van der Waals surface area contributed by atoms with Crippen LogP contribution in [0.5, 0.6) is 0 Å². The fraction of sp³-hybridized carbons (Fsp3) is 0.632. The highest BCUT2D eigenvalue weighted by Crippen LogP contribution is 2.55. The third-order valence-corrected chi connectivity index (χ3v) is 6.04. The smallest absolute Gasteiger partial charge is 0.251 e. The van der Waals surface area contributed by atoms with Crippen molar-refractivity contribution >= 4 is 5.91 Å². The molecule has 2 nitrogen and oxygen atoms in total. The summed E-state index contributed by atoms with van der Waals surface area (Å²) < 4.78 is 0. The molecule has 1 amide bonds. The standard InChI is InChI=1S/C19H25NO/c1-2-13-3-5-17(6-4-13)18(21)20-19-10-14-7-15(11-19)9-16(8-14)12-19/h3-6,14-16H,2,7-12H2,1H3,(H,20,21). The number of hydrogen-bond acceptors (Lipinski definition) is 1. The first-order valence-electron chi connectivity index (χ1n) is 8.57. The van der Waals surface area contributed by atoms with Crippen molar-refractivity contribution in [3.05, 3.63) is 35.4 Å². The van der Waals surface area contributed by atoms with E-state index >= 15 is 0 Å². The molecule has 0 unspecified atom stereocenters. The van der Waals surface area contributed by atoms with Crippen LogP contribution in [0, 0.1) is 17.8 Å². The van der Waals surface area contributed by atoms with Crippen LogP contribution in [-0.2, 0) is 6.42 Å². The molecular formula is C19H25NO. The van der Waals surface area contributed by atoms with Crippen molar-refractivity contribution in [3.8, 4) is 0 Å². The predicted octanol–water partition coefficient (Wildman–Crippen LogP) is 3.95. The Bertz CT molecular complexity index is 510. The van der Waals surface area contributed by atoms with Gasteiger partial charge in [0.25, 0.3) is 5.91 Å². The van der Waals surface area contributed by atoms with Gasteiger partial charge in [-0.25, -0.2) is 0 Å². The first-order valence-corrected chi connectivity index (χ1v) is 8.57. The van der Waals surface area contributed by atoms with E-state index < -0.39 is 0 Å². The van der Waals surface area contributed by atoms with E-state index in [9.17, 15) is 4.79 Å².